The highest BCUT2D eigenvalue weighted by atomic mass is 35.5. The predicted molar refractivity (Wildman–Crippen MR) is 110 cm³/mol. The van der Waals surface area contributed by atoms with Gasteiger partial charge < -0.3 is 10.3 Å². The lowest BCUT2D eigenvalue weighted by molar-refractivity contribution is -0.127. The van der Waals surface area contributed by atoms with E-state index in [1.54, 1.807) is 6.33 Å². The lowest BCUT2D eigenvalue weighted by atomic mass is 10.0. The van der Waals surface area contributed by atoms with Crippen LogP contribution < -0.4 is 5.32 Å². The second-order valence-corrected chi connectivity index (χ2v) is 7.80. The fraction of sp³-hybridized carbons (Fsp3) is 0.238. The van der Waals surface area contributed by atoms with Crippen molar-refractivity contribution in [1.82, 2.24) is 20.2 Å². The van der Waals surface area contributed by atoms with Gasteiger partial charge in [-0.2, -0.15) is 0 Å². The molecule has 28 heavy (non-hydrogen) atoms. The largest absolute Gasteiger partial charge is 0.351 e. The van der Waals surface area contributed by atoms with Crippen LogP contribution in [-0.2, 0) is 30.8 Å². The molecule has 1 aliphatic heterocycles. The van der Waals surface area contributed by atoms with Crippen LogP contribution in [0.5, 0.6) is 0 Å². The minimum atomic E-state index is -0.279. The molecule has 0 saturated heterocycles. The Labute approximate surface area is 173 Å². The van der Waals surface area contributed by atoms with E-state index in [-0.39, 0.29) is 11.9 Å². The number of nitrogens with one attached hydrogen (secondary N) is 2. The highest BCUT2D eigenvalue weighted by molar-refractivity contribution is 6.30. The Morgan fingerprint density at radius 3 is 2.39 bits per heavy atom. The minimum Gasteiger partial charge on any atom is -0.351 e. The summed E-state index contributed by atoms with van der Waals surface area (Å²) in [6.07, 6.45) is 2.28. The van der Waals surface area contributed by atoms with E-state index >= 15 is 0 Å². The second kappa shape index (κ2) is 8.35. The SMILES string of the molecule is O=C(NCc1ccc(Cl)cc1)[C@@H]1Cc2nc[nH]c2CN1Cc1ccc(Cl)cc1. The van der Waals surface area contributed by atoms with E-state index < -0.39 is 0 Å². The Kier molecular flexibility index (Phi) is 5.67. The molecule has 2 N–H and O–H groups in total. The molecule has 144 valence electrons. The molecule has 0 spiro atoms. The van der Waals surface area contributed by atoms with Crippen molar-refractivity contribution in [3.63, 3.8) is 0 Å². The summed E-state index contributed by atoms with van der Waals surface area (Å²) >= 11 is 11.9. The smallest absolute Gasteiger partial charge is 0.238 e. The lowest BCUT2D eigenvalue weighted by Gasteiger charge is -2.34. The van der Waals surface area contributed by atoms with Crippen molar-refractivity contribution in [1.29, 1.82) is 0 Å². The Hall–Kier alpha value is -2.34. The van der Waals surface area contributed by atoms with E-state index in [2.05, 4.69) is 20.2 Å². The van der Waals surface area contributed by atoms with Gasteiger partial charge in [0.15, 0.2) is 0 Å². The van der Waals surface area contributed by atoms with E-state index in [0.717, 1.165) is 22.5 Å². The zero-order valence-corrected chi connectivity index (χ0v) is 16.7. The molecule has 1 aromatic heterocycles. The van der Waals surface area contributed by atoms with Crippen molar-refractivity contribution >= 4 is 29.1 Å². The summed E-state index contributed by atoms with van der Waals surface area (Å²) in [4.78, 5) is 22.7. The van der Waals surface area contributed by atoms with Crippen molar-refractivity contribution < 1.29 is 4.79 Å². The normalized spacial score (nSPS) is 16.6. The molecule has 4 rings (SSSR count). The number of hydrogen-bond acceptors (Lipinski definition) is 3. The number of hydrogen-bond donors (Lipinski definition) is 2. The van der Waals surface area contributed by atoms with Crippen molar-refractivity contribution in [3.05, 3.63) is 87.4 Å². The van der Waals surface area contributed by atoms with Gasteiger partial charge in [-0.15, -0.1) is 0 Å². The molecule has 2 heterocycles. The van der Waals surface area contributed by atoms with E-state index in [9.17, 15) is 4.79 Å². The zero-order chi connectivity index (χ0) is 19.5. The average Bonchev–Trinajstić information content (AvgIpc) is 3.16. The number of imidazole rings is 1. The molecular formula is C21H20Cl2N4O. The predicted octanol–water partition coefficient (Wildman–Crippen LogP) is 3.96. The number of nitrogens with zero attached hydrogens (tertiary/aromatic N) is 2. The summed E-state index contributed by atoms with van der Waals surface area (Å²) in [7, 11) is 0. The Morgan fingerprint density at radius 1 is 1.07 bits per heavy atom. The van der Waals surface area contributed by atoms with Crippen LogP contribution in [0.2, 0.25) is 10.0 Å². The molecule has 1 amide bonds. The number of carbonyl (C=O) groups excluding carboxylic acids is 1. The molecular weight excluding hydrogens is 395 g/mol. The average molecular weight is 415 g/mol. The fourth-order valence-electron chi connectivity index (χ4n) is 3.45. The van der Waals surface area contributed by atoms with Gasteiger partial charge in [-0.3, -0.25) is 9.69 Å². The molecule has 0 bridgehead atoms. The van der Waals surface area contributed by atoms with Crippen molar-refractivity contribution in [2.24, 2.45) is 0 Å². The second-order valence-electron chi connectivity index (χ2n) is 6.92. The highest BCUT2D eigenvalue weighted by Crippen LogP contribution is 2.23. The maximum Gasteiger partial charge on any atom is 0.238 e. The molecule has 3 aromatic rings. The van der Waals surface area contributed by atoms with Crippen LogP contribution in [0.25, 0.3) is 0 Å². The number of rotatable bonds is 5. The van der Waals surface area contributed by atoms with Gasteiger partial charge in [-0.25, -0.2) is 4.98 Å². The summed E-state index contributed by atoms with van der Waals surface area (Å²) in [5.41, 5.74) is 4.15. The van der Waals surface area contributed by atoms with E-state index in [4.69, 9.17) is 23.2 Å². The maximum absolute atomic E-state index is 13.0. The number of aromatic amines is 1. The number of benzene rings is 2. The molecule has 7 heteroatoms. The first-order chi connectivity index (χ1) is 13.6. The summed E-state index contributed by atoms with van der Waals surface area (Å²) < 4.78 is 0. The Bertz CT molecular complexity index is 953. The topological polar surface area (TPSA) is 61.0 Å². The number of halogens is 2. The summed E-state index contributed by atoms with van der Waals surface area (Å²) in [6.45, 7) is 1.78. The van der Waals surface area contributed by atoms with Gasteiger partial charge in [-0.1, -0.05) is 47.5 Å². The lowest BCUT2D eigenvalue weighted by Crippen LogP contribution is -2.49. The molecule has 5 nitrogen and oxygen atoms in total. The third-order valence-corrected chi connectivity index (χ3v) is 5.48. The van der Waals surface area contributed by atoms with E-state index in [0.29, 0.717) is 36.1 Å². The van der Waals surface area contributed by atoms with Crippen LogP contribution in [0.3, 0.4) is 0 Å². The van der Waals surface area contributed by atoms with Gasteiger partial charge in [-0.05, 0) is 35.4 Å². The van der Waals surface area contributed by atoms with E-state index in [1.807, 2.05) is 48.5 Å². The summed E-state index contributed by atoms with van der Waals surface area (Å²) in [5.74, 6) is -0.00226. The highest BCUT2D eigenvalue weighted by Gasteiger charge is 2.32. The molecule has 0 aliphatic carbocycles. The van der Waals surface area contributed by atoms with Crippen LogP contribution in [0.4, 0.5) is 0 Å². The fourth-order valence-corrected chi connectivity index (χ4v) is 3.70. The maximum atomic E-state index is 13.0. The van der Waals surface area contributed by atoms with Crippen LogP contribution in [-0.4, -0.2) is 26.8 Å². The molecule has 0 fully saturated rings. The first-order valence-corrected chi connectivity index (χ1v) is 9.86. The van der Waals surface area contributed by atoms with E-state index in [1.165, 1.54) is 0 Å². The van der Waals surface area contributed by atoms with Crippen LogP contribution in [0.15, 0.2) is 54.9 Å². The third-order valence-electron chi connectivity index (χ3n) is 4.98. The van der Waals surface area contributed by atoms with Gasteiger partial charge in [0.25, 0.3) is 0 Å². The van der Waals surface area contributed by atoms with Gasteiger partial charge in [0.2, 0.25) is 5.91 Å². The molecule has 1 aliphatic rings. The molecule has 1 atom stereocenters. The van der Waals surface area contributed by atoms with Crippen LogP contribution in [0, 0.1) is 0 Å². The third kappa shape index (κ3) is 4.38. The Morgan fingerprint density at radius 2 is 1.71 bits per heavy atom. The van der Waals surface area contributed by atoms with Gasteiger partial charge in [0.1, 0.15) is 0 Å². The first-order valence-electron chi connectivity index (χ1n) is 9.10. The number of amides is 1. The standard InChI is InChI=1S/C21H20Cl2N4O/c22-16-5-1-14(2-6-16)10-24-21(28)20-9-18-19(26-13-25-18)12-27(20)11-15-3-7-17(23)8-4-15/h1-8,13,20H,9-12H2,(H,24,28)(H,25,26)/t20-/m0/s1. The zero-order valence-electron chi connectivity index (χ0n) is 15.2. The number of aromatic nitrogens is 2. The number of fused-ring (bicyclic) bond motifs is 1. The molecule has 0 radical (unpaired) electrons. The molecule has 0 saturated carbocycles. The van der Waals surface area contributed by atoms with Gasteiger partial charge in [0, 0.05) is 36.1 Å². The van der Waals surface area contributed by atoms with Crippen LogP contribution in [0.1, 0.15) is 22.5 Å². The summed E-state index contributed by atoms with van der Waals surface area (Å²) in [6, 6.07) is 14.9. The first kappa shape index (κ1) is 19.0. The number of carbonyl (C=O) groups is 1. The van der Waals surface area contributed by atoms with Gasteiger partial charge >= 0.3 is 0 Å². The van der Waals surface area contributed by atoms with Crippen molar-refractivity contribution in [2.75, 3.05) is 0 Å². The summed E-state index contributed by atoms with van der Waals surface area (Å²) in [5, 5.41) is 4.44. The van der Waals surface area contributed by atoms with Crippen molar-refractivity contribution in [3.8, 4) is 0 Å². The number of H-pyrrole nitrogens is 1. The van der Waals surface area contributed by atoms with Gasteiger partial charge in [0.05, 0.1) is 23.8 Å². The Balaban J connectivity index is 1.48. The minimum absolute atomic E-state index is 0.00226. The van der Waals surface area contributed by atoms with Crippen LogP contribution >= 0.6 is 23.2 Å². The molecule has 0 unspecified atom stereocenters. The molecule has 2 aromatic carbocycles. The monoisotopic (exact) mass is 414 g/mol. The quantitative estimate of drug-likeness (QED) is 0.663. The van der Waals surface area contributed by atoms with Crippen molar-refractivity contribution in [2.45, 2.75) is 32.1 Å².